The summed E-state index contributed by atoms with van der Waals surface area (Å²) in [6.07, 6.45) is 6.81. The van der Waals surface area contributed by atoms with Crippen LogP contribution >= 0.6 is 0 Å². The third-order valence-corrected chi connectivity index (χ3v) is 4.44. The number of carbonyl (C=O) groups is 1. The Morgan fingerprint density at radius 2 is 2.17 bits per heavy atom. The van der Waals surface area contributed by atoms with Crippen LogP contribution in [0.3, 0.4) is 0 Å². The fourth-order valence-electron chi connectivity index (χ4n) is 3.11. The van der Waals surface area contributed by atoms with Crippen LogP contribution in [0.1, 0.15) is 18.4 Å². The predicted octanol–water partition coefficient (Wildman–Crippen LogP) is 1.21. The van der Waals surface area contributed by atoms with E-state index in [-0.39, 0.29) is 5.91 Å². The number of likely N-dealkylation sites (N-methyl/N-ethyl adjacent to an activating group) is 1. The lowest BCUT2D eigenvalue weighted by atomic mass is 9.86. The number of furan rings is 1. The molecule has 0 saturated carbocycles. The van der Waals surface area contributed by atoms with Crippen LogP contribution in [0.2, 0.25) is 0 Å². The largest absolute Gasteiger partial charge is 0.472 e. The van der Waals surface area contributed by atoms with E-state index in [1.807, 2.05) is 25.4 Å². The highest BCUT2D eigenvalue weighted by Gasteiger charge is 2.41. The lowest BCUT2D eigenvalue weighted by molar-refractivity contribution is -0.126. The molecule has 0 spiro atoms. The van der Waals surface area contributed by atoms with Crippen LogP contribution < -0.4 is 10.6 Å². The highest BCUT2D eigenvalue weighted by atomic mass is 16.3. The molecule has 23 heavy (non-hydrogen) atoms. The van der Waals surface area contributed by atoms with Gasteiger partial charge in [0.05, 0.1) is 12.5 Å². The first-order valence-corrected chi connectivity index (χ1v) is 7.85. The van der Waals surface area contributed by atoms with Crippen LogP contribution in [0.25, 0.3) is 0 Å². The molecule has 1 aliphatic heterocycles. The van der Waals surface area contributed by atoms with Gasteiger partial charge < -0.3 is 15.1 Å². The Labute approximate surface area is 135 Å². The number of nitrogens with zero attached hydrogens (tertiary/aromatic N) is 3. The summed E-state index contributed by atoms with van der Waals surface area (Å²) in [7, 11) is 3.55. The zero-order valence-electron chi connectivity index (χ0n) is 13.6. The second kappa shape index (κ2) is 6.45. The number of piperidine rings is 1. The Balaban J connectivity index is 1.68. The fraction of sp³-hybridized carbons (Fsp3) is 0.500. The quantitative estimate of drug-likeness (QED) is 0.867. The molecular formula is C16H23N5O2. The average Bonchev–Trinajstić information content (AvgIpc) is 3.20. The van der Waals surface area contributed by atoms with E-state index in [4.69, 9.17) is 4.42 Å². The van der Waals surface area contributed by atoms with Crippen molar-refractivity contribution in [3.63, 3.8) is 0 Å². The van der Waals surface area contributed by atoms with Crippen LogP contribution in [0, 0.1) is 0 Å². The van der Waals surface area contributed by atoms with Crippen molar-refractivity contribution >= 4 is 11.7 Å². The van der Waals surface area contributed by atoms with Gasteiger partial charge in [-0.3, -0.25) is 14.4 Å². The number of aromatic nitrogens is 2. The highest BCUT2D eigenvalue weighted by molar-refractivity contribution is 5.89. The van der Waals surface area contributed by atoms with Gasteiger partial charge in [0.25, 0.3) is 0 Å². The monoisotopic (exact) mass is 317 g/mol. The molecule has 124 valence electrons. The minimum Gasteiger partial charge on any atom is -0.472 e. The Morgan fingerprint density at radius 3 is 2.74 bits per heavy atom. The van der Waals surface area contributed by atoms with E-state index in [0.29, 0.717) is 0 Å². The molecule has 3 rings (SSSR count). The molecule has 0 aliphatic carbocycles. The van der Waals surface area contributed by atoms with E-state index >= 15 is 0 Å². The summed E-state index contributed by atoms with van der Waals surface area (Å²) in [6.45, 7) is 2.54. The van der Waals surface area contributed by atoms with Crippen LogP contribution in [-0.4, -0.2) is 46.3 Å². The first-order chi connectivity index (χ1) is 11.1. The van der Waals surface area contributed by atoms with E-state index in [2.05, 4.69) is 20.6 Å². The summed E-state index contributed by atoms with van der Waals surface area (Å²) < 4.78 is 6.85. The second-order valence-corrected chi connectivity index (χ2v) is 6.07. The van der Waals surface area contributed by atoms with Crippen LogP contribution in [0.4, 0.5) is 5.82 Å². The van der Waals surface area contributed by atoms with Gasteiger partial charge in [-0.2, -0.15) is 5.10 Å². The SMILES string of the molecule is CNC(=O)C1(Nc2ccn(C)n2)CCN(Cc2ccoc2)CC1. The van der Waals surface area contributed by atoms with Crippen molar-refractivity contribution in [3.8, 4) is 0 Å². The molecule has 0 bridgehead atoms. The van der Waals surface area contributed by atoms with E-state index in [9.17, 15) is 4.79 Å². The Morgan fingerprint density at radius 1 is 1.39 bits per heavy atom. The number of nitrogens with one attached hydrogen (secondary N) is 2. The van der Waals surface area contributed by atoms with Crippen molar-refractivity contribution in [2.75, 3.05) is 25.5 Å². The Hall–Kier alpha value is -2.28. The summed E-state index contributed by atoms with van der Waals surface area (Å²) in [6, 6.07) is 3.87. The zero-order valence-corrected chi connectivity index (χ0v) is 13.6. The molecule has 1 aliphatic rings. The third-order valence-electron chi connectivity index (χ3n) is 4.44. The molecule has 2 aromatic rings. The van der Waals surface area contributed by atoms with Crippen molar-refractivity contribution < 1.29 is 9.21 Å². The highest BCUT2D eigenvalue weighted by Crippen LogP contribution is 2.27. The zero-order chi connectivity index (χ0) is 16.3. The van der Waals surface area contributed by atoms with Gasteiger partial charge in [-0.1, -0.05) is 0 Å². The van der Waals surface area contributed by atoms with Crippen molar-refractivity contribution in [2.45, 2.75) is 24.9 Å². The lowest BCUT2D eigenvalue weighted by Gasteiger charge is -2.40. The Kier molecular flexibility index (Phi) is 4.38. The van der Waals surface area contributed by atoms with E-state index in [1.165, 1.54) is 0 Å². The molecule has 7 heteroatoms. The van der Waals surface area contributed by atoms with Gasteiger partial charge >= 0.3 is 0 Å². The summed E-state index contributed by atoms with van der Waals surface area (Å²) >= 11 is 0. The predicted molar refractivity (Wildman–Crippen MR) is 86.8 cm³/mol. The van der Waals surface area contributed by atoms with Crippen LogP contribution in [0.15, 0.2) is 35.3 Å². The molecule has 0 radical (unpaired) electrons. The maximum absolute atomic E-state index is 12.5. The van der Waals surface area contributed by atoms with Crippen molar-refractivity contribution in [1.29, 1.82) is 0 Å². The molecule has 2 aromatic heterocycles. The number of hydrogen-bond donors (Lipinski definition) is 2. The average molecular weight is 317 g/mol. The Bertz CT molecular complexity index is 641. The second-order valence-electron chi connectivity index (χ2n) is 6.07. The lowest BCUT2D eigenvalue weighted by Crippen LogP contribution is -2.57. The normalized spacial score (nSPS) is 17.8. The van der Waals surface area contributed by atoms with Gasteiger partial charge in [-0.15, -0.1) is 0 Å². The molecule has 1 saturated heterocycles. The summed E-state index contributed by atoms with van der Waals surface area (Å²) in [5.41, 5.74) is 0.561. The summed E-state index contributed by atoms with van der Waals surface area (Å²) in [5, 5.41) is 10.5. The molecule has 0 unspecified atom stereocenters. The van der Waals surface area contributed by atoms with Gasteiger partial charge in [0.15, 0.2) is 0 Å². The van der Waals surface area contributed by atoms with Gasteiger partial charge in [0.2, 0.25) is 5.91 Å². The summed E-state index contributed by atoms with van der Waals surface area (Å²) in [4.78, 5) is 14.8. The number of rotatable bonds is 5. The molecular weight excluding hydrogens is 294 g/mol. The minimum atomic E-state index is -0.601. The van der Waals surface area contributed by atoms with Gasteiger partial charge in [0, 0.05) is 51.6 Å². The van der Waals surface area contributed by atoms with Crippen LogP contribution in [-0.2, 0) is 18.4 Å². The topological polar surface area (TPSA) is 75.3 Å². The van der Waals surface area contributed by atoms with Gasteiger partial charge in [-0.05, 0) is 18.9 Å². The standard InChI is InChI=1S/C16H23N5O2/c1-17-15(22)16(18-14-3-7-20(2)19-14)5-8-21(9-6-16)11-13-4-10-23-12-13/h3-4,7,10,12H,5-6,8-9,11H2,1-2H3,(H,17,22)(H,18,19). The number of carbonyl (C=O) groups excluding carboxylic acids is 1. The maximum atomic E-state index is 12.5. The van der Waals surface area contributed by atoms with Gasteiger partial charge in [0.1, 0.15) is 11.4 Å². The number of anilines is 1. The van der Waals surface area contributed by atoms with Crippen molar-refractivity contribution in [1.82, 2.24) is 20.0 Å². The fourth-order valence-corrected chi connectivity index (χ4v) is 3.11. The van der Waals surface area contributed by atoms with E-state index < -0.39 is 5.54 Å². The number of aryl methyl sites for hydroxylation is 1. The molecule has 7 nitrogen and oxygen atoms in total. The molecule has 3 heterocycles. The maximum Gasteiger partial charge on any atom is 0.245 e. The molecule has 2 N–H and O–H groups in total. The molecule has 0 atom stereocenters. The van der Waals surface area contributed by atoms with Gasteiger partial charge in [-0.25, -0.2) is 0 Å². The number of hydrogen-bond acceptors (Lipinski definition) is 5. The molecule has 1 amide bonds. The first-order valence-electron chi connectivity index (χ1n) is 7.85. The minimum absolute atomic E-state index is 0.0196. The van der Waals surface area contributed by atoms with Crippen LogP contribution in [0.5, 0.6) is 0 Å². The van der Waals surface area contributed by atoms with E-state index in [0.717, 1.165) is 43.9 Å². The molecule has 0 aromatic carbocycles. The van der Waals surface area contributed by atoms with Crippen molar-refractivity contribution in [2.24, 2.45) is 7.05 Å². The number of amides is 1. The summed E-state index contributed by atoms with van der Waals surface area (Å²) in [5.74, 6) is 0.755. The van der Waals surface area contributed by atoms with Crippen molar-refractivity contribution in [3.05, 3.63) is 36.4 Å². The number of likely N-dealkylation sites (tertiary alicyclic amines) is 1. The smallest absolute Gasteiger partial charge is 0.245 e. The molecule has 1 fully saturated rings. The van der Waals surface area contributed by atoms with E-state index in [1.54, 1.807) is 24.3 Å². The first kappa shape index (κ1) is 15.6. The third kappa shape index (κ3) is 3.39.